The van der Waals surface area contributed by atoms with Crippen LogP contribution in [0.15, 0.2) is 42.5 Å². The number of nitrogens with two attached hydrogens (primary N) is 1. The Balaban J connectivity index is 1.91. The molecule has 1 amide bonds. The molecule has 0 aliphatic heterocycles. The van der Waals surface area contributed by atoms with E-state index < -0.39 is 5.97 Å². The first kappa shape index (κ1) is 21.6. The van der Waals surface area contributed by atoms with E-state index in [0.717, 1.165) is 36.9 Å². The van der Waals surface area contributed by atoms with Gasteiger partial charge in [0.2, 0.25) is 0 Å². The van der Waals surface area contributed by atoms with Crippen molar-refractivity contribution in [1.29, 1.82) is 5.41 Å². The molecule has 2 atom stereocenters. The van der Waals surface area contributed by atoms with Gasteiger partial charge >= 0.3 is 5.97 Å². The van der Waals surface area contributed by atoms with E-state index in [1.54, 1.807) is 24.3 Å². The second-order valence-corrected chi connectivity index (χ2v) is 8.08. The molecule has 30 heavy (non-hydrogen) atoms. The first-order chi connectivity index (χ1) is 14.3. The third-order valence-electron chi connectivity index (χ3n) is 5.96. The number of amidine groups is 1. The number of amides is 1. The number of nitrogen functional groups attached to an aromatic ring is 1. The zero-order valence-electron chi connectivity index (χ0n) is 17.5. The lowest BCUT2D eigenvalue weighted by Crippen LogP contribution is -2.38. The van der Waals surface area contributed by atoms with Crippen LogP contribution in [0.3, 0.4) is 0 Å². The van der Waals surface area contributed by atoms with Crippen molar-refractivity contribution >= 4 is 23.4 Å². The van der Waals surface area contributed by atoms with Crippen LogP contribution < -0.4 is 10.6 Å². The number of benzene rings is 2. The summed E-state index contributed by atoms with van der Waals surface area (Å²) in [5.74, 6) is -0.752. The molecule has 0 saturated heterocycles. The van der Waals surface area contributed by atoms with Gasteiger partial charge in [-0.2, -0.15) is 0 Å². The maximum absolute atomic E-state index is 13.4. The number of hydrogen-bond acceptors (Lipinski definition) is 3. The summed E-state index contributed by atoms with van der Waals surface area (Å²) in [6, 6.07) is 12.9. The number of carbonyl (C=O) groups excluding carboxylic acids is 1. The van der Waals surface area contributed by atoms with Gasteiger partial charge in [0.25, 0.3) is 5.91 Å². The summed E-state index contributed by atoms with van der Waals surface area (Å²) < 4.78 is 0. The fraction of sp³-hybridized carbons (Fsp3) is 0.375. The summed E-state index contributed by atoms with van der Waals surface area (Å²) in [5, 5.41) is 16.7. The van der Waals surface area contributed by atoms with Gasteiger partial charge in [0.15, 0.2) is 0 Å². The number of nitrogens with zero attached hydrogens (tertiary/aromatic N) is 1. The molecule has 0 spiro atoms. The van der Waals surface area contributed by atoms with Gasteiger partial charge in [0.05, 0.1) is 0 Å². The summed E-state index contributed by atoms with van der Waals surface area (Å²) >= 11 is 0. The molecule has 2 aromatic carbocycles. The molecular weight excluding hydrogens is 378 g/mol. The van der Waals surface area contributed by atoms with Crippen LogP contribution in [0.25, 0.3) is 0 Å². The summed E-state index contributed by atoms with van der Waals surface area (Å²) in [4.78, 5) is 26.3. The molecule has 2 unspecified atom stereocenters. The highest BCUT2D eigenvalue weighted by Crippen LogP contribution is 2.32. The minimum atomic E-state index is -0.759. The smallest absolute Gasteiger partial charge is 0.303 e. The molecule has 0 aromatic heterocycles. The van der Waals surface area contributed by atoms with Gasteiger partial charge < -0.3 is 15.7 Å². The van der Waals surface area contributed by atoms with Crippen molar-refractivity contribution in [2.75, 3.05) is 4.90 Å². The standard InChI is InChI=1S/C24H29N3O3/c1-3-15(2)27(24(30)19-8-6-18(7-9-19)23(25)26)21-11-10-17-5-4-16(13-22(28)29)12-20(17)14-21/h6-11,14-16H,3-5,12-13H2,1-2H3,(H3,25,26)(H,28,29). The number of anilines is 1. The first-order valence-electron chi connectivity index (χ1n) is 10.4. The van der Waals surface area contributed by atoms with Crippen LogP contribution in [-0.2, 0) is 17.6 Å². The molecule has 0 heterocycles. The largest absolute Gasteiger partial charge is 0.481 e. The molecule has 4 N–H and O–H groups in total. The number of nitrogens with one attached hydrogen (secondary N) is 1. The number of aryl methyl sites for hydroxylation is 1. The van der Waals surface area contributed by atoms with E-state index in [0.29, 0.717) is 11.1 Å². The fourth-order valence-corrected chi connectivity index (χ4v) is 4.08. The fourth-order valence-electron chi connectivity index (χ4n) is 4.08. The van der Waals surface area contributed by atoms with E-state index >= 15 is 0 Å². The van der Waals surface area contributed by atoms with Crippen molar-refractivity contribution < 1.29 is 14.7 Å². The molecule has 3 rings (SSSR count). The predicted molar refractivity (Wildman–Crippen MR) is 118 cm³/mol. The number of fused-ring (bicyclic) bond motifs is 1. The number of aliphatic carboxylic acids is 1. The average Bonchev–Trinajstić information content (AvgIpc) is 2.73. The quantitative estimate of drug-likeness (QED) is 0.476. The topological polar surface area (TPSA) is 107 Å². The van der Waals surface area contributed by atoms with Gasteiger partial charge in [-0.1, -0.05) is 25.1 Å². The molecule has 0 saturated carbocycles. The molecule has 158 valence electrons. The van der Waals surface area contributed by atoms with Crippen LogP contribution in [0.2, 0.25) is 0 Å². The Morgan fingerprint density at radius 2 is 1.83 bits per heavy atom. The third kappa shape index (κ3) is 4.70. The van der Waals surface area contributed by atoms with E-state index in [1.165, 1.54) is 5.56 Å². The number of carboxylic acid groups (broad SMARTS) is 1. The predicted octanol–water partition coefficient (Wildman–Crippen LogP) is 4.00. The highest BCUT2D eigenvalue weighted by molar-refractivity contribution is 6.07. The van der Waals surface area contributed by atoms with Crippen molar-refractivity contribution in [3.05, 3.63) is 64.7 Å². The van der Waals surface area contributed by atoms with Gasteiger partial charge in [-0.15, -0.1) is 0 Å². The van der Waals surface area contributed by atoms with Crippen LogP contribution in [0, 0.1) is 11.3 Å². The Morgan fingerprint density at radius 3 is 2.43 bits per heavy atom. The lowest BCUT2D eigenvalue weighted by atomic mass is 9.82. The number of hydrogen-bond donors (Lipinski definition) is 3. The Morgan fingerprint density at radius 1 is 1.17 bits per heavy atom. The normalized spacial score (nSPS) is 16.4. The Bertz CT molecular complexity index is 953. The third-order valence-corrected chi connectivity index (χ3v) is 5.96. The van der Waals surface area contributed by atoms with E-state index in [2.05, 4.69) is 12.1 Å². The van der Waals surface area contributed by atoms with Gasteiger partial charge in [-0.05, 0) is 73.9 Å². The van der Waals surface area contributed by atoms with Crippen molar-refractivity contribution in [2.45, 2.75) is 52.0 Å². The van der Waals surface area contributed by atoms with Crippen molar-refractivity contribution in [3.63, 3.8) is 0 Å². The summed E-state index contributed by atoms with van der Waals surface area (Å²) in [6.07, 6.45) is 3.47. The second-order valence-electron chi connectivity index (χ2n) is 8.08. The zero-order valence-corrected chi connectivity index (χ0v) is 17.5. The van der Waals surface area contributed by atoms with E-state index in [4.69, 9.17) is 16.2 Å². The lowest BCUT2D eigenvalue weighted by Gasteiger charge is -2.31. The monoisotopic (exact) mass is 407 g/mol. The maximum Gasteiger partial charge on any atom is 0.303 e. The SMILES string of the molecule is CCC(C)N(C(=O)c1ccc(C(=N)N)cc1)c1ccc2c(c1)CC(CC(=O)O)CC2. The summed E-state index contributed by atoms with van der Waals surface area (Å²) in [6.45, 7) is 4.07. The highest BCUT2D eigenvalue weighted by Gasteiger charge is 2.26. The second kappa shape index (κ2) is 9.11. The van der Waals surface area contributed by atoms with Crippen molar-refractivity contribution in [3.8, 4) is 0 Å². The Hall–Kier alpha value is -3.15. The molecule has 0 radical (unpaired) electrons. The minimum absolute atomic E-state index is 0.00133. The van der Waals surface area contributed by atoms with Crippen LogP contribution in [0.1, 0.15) is 60.2 Å². The van der Waals surface area contributed by atoms with E-state index in [-0.39, 0.29) is 30.1 Å². The van der Waals surface area contributed by atoms with Crippen LogP contribution in [0.4, 0.5) is 5.69 Å². The van der Waals surface area contributed by atoms with Gasteiger partial charge in [-0.25, -0.2) is 0 Å². The lowest BCUT2D eigenvalue weighted by molar-refractivity contribution is -0.138. The van der Waals surface area contributed by atoms with Crippen LogP contribution in [0.5, 0.6) is 0 Å². The van der Waals surface area contributed by atoms with Gasteiger partial charge in [-0.3, -0.25) is 15.0 Å². The van der Waals surface area contributed by atoms with Crippen LogP contribution >= 0.6 is 0 Å². The molecule has 6 heteroatoms. The number of carboxylic acids is 1. The van der Waals surface area contributed by atoms with Crippen LogP contribution in [-0.4, -0.2) is 28.9 Å². The molecule has 0 fully saturated rings. The summed E-state index contributed by atoms with van der Waals surface area (Å²) in [5.41, 5.74) is 9.85. The first-order valence-corrected chi connectivity index (χ1v) is 10.4. The molecule has 6 nitrogen and oxygen atoms in total. The number of rotatable bonds is 7. The Kier molecular flexibility index (Phi) is 6.55. The highest BCUT2D eigenvalue weighted by atomic mass is 16.4. The summed E-state index contributed by atoms with van der Waals surface area (Å²) in [7, 11) is 0. The maximum atomic E-state index is 13.4. The van der Waals surface area contributed by atoms with Gasteiger partial charge in [0.1, 0.15) is 5.84 Å². The van der Waals surface area contributed by atoms with Crippen molar-refractivity contribution in [2.24, 2.45) is 11.7 Å². The van der Waals surface area contributed by atoms with E-state index in [1.807, 2.05) is 24.8 Å². The number of carbonyl (C=O) groups is 2. The van der Waals surface area contributed by atoms with Crippen molar-refractivity contribution in [1.82, 2.24) is 0 Å². The molecule has 2 aromatic rings. The average molecular weight is 408 g/mol. The molecule has 1 aliphatic carbocycles. The van der Waals surface area contributed by atoms with E-state index in [9.17, 15) is 9.59 Å². The molecular formula is C24H29N3O3. The van der Waals surface area contributed by atoms with Gasteiger partial charge in [0, 0.05) is 29.3 Å². The molecule has 0 bridgehead atoms. The zero-order chi connectivity index (χ0) is 21.8. The molecule has 1 aliphatic rings. The Labute approximate surface area is 177 Å². The minimum Gasteiger partial charge on any atom is -0.481 e.